The van der Waals surface area contributed by atoms with Crippen LogP contribution in [0.15, 0.2) is 12.4 Å². The molecule has 0 aliphatic carbocycles. The number of nitrogens with zero attached hydrogens (tertiary/aromatic N) is 3. The number of carbonyl (C=O) groups is 2. The lowest BCUT2D eigenvalue weighted by atomic mass is 9.97. The summed E-state index contributed by atoms with van der Waals surface area (Å²) in [7, 11) is 0. The Hall–Kier alpha value is -1.85. The van der Waals surface area contributed by atoms with Gasteiger partial charge in [0.25, 0.3) is 0 Å². The lowest BCUT2D eigenvalue weighted by Gasteiger charge is -2.33. The first-order valence-corrected chi connectivity index (χ1v) is 7.47. The molecular formula is C15H24N4O2. The van der Waals surface area contributed by atoms with Gasteiger partial charge in [0.2, 0.25) is 11.8 Å². The van der Waals surface area contributed by atoms with Gasteiger partial charge in [-0.2, -0.15) is 0 Å². The number of nitrogens with one attached hydrogen (secondary N) is 1. The van der Waals surface area contributed by atoms with Crippen molar-refractivity contribution >= 4 is 11.8 Å². The maximum absolute atomic E-state index is 12.8. The Morgan fingerprint density at radius 2 is 2.14 bits per heavy atom. The van der Waals surface area contributed by atoms with Crippen LogP contribution in [0.1, 0.15) is 39.4 Å². The van der Waals surface area contributed by atoms with Crippen LogP contribution >= 0.6 is 0 Å². The van der Waals surface area contributed by atoms with Gasteiger partial charge in [0.05, 0.1) is 0 Å². The molecule has 116 valence electrons. The fourth-order valence-corrected chi connectivity index (χ4v) is 2.72. The molecule has 1 fully saturated rings. The van der Waals surface area contributed by atoms with E-state index < -0.39 is 5.54 Å². The average molecular weight is 292 g/mol. The third-order valence-corrected chi connectivity index (χ3v) is 4.37. The molecule has 2 rings (SSSR count). The zero-order valence-electron chi connectivity index (χ0n) is 13.2. The molecule has 2 heterocycles. The van der Waals surface area contributed by atoms with Crippen molar-refractivity contribution in [2.75, 3.05) is 6.54 Å². The predicted molar refractivity (Wildman–Crippen MR) is 79.6 cm³/mol. The Bertz CT molecular complexity index is 540. The first-order chi connectivity index (χ1) is 9.87. The lowest BCUT2D eigenvalue weighted by Crippen LogP contribution is -2.55. The maximum atomic E-state index is 12.8. The van der Waals surface area contributed by atoms with Crippen LogP contribution in [0.5, 0.6) is 0 Å². The molecule has 21 heavy (non-hydrogen) atoms. The van der Waals surface area contributed by atoms with Crippen molar-refractivity contribution in [1.82, 2.24) is 19.8 Å². The number of hydrogen-bond acceptors (Lipinski definition) is 3. The summed E-state index contributed by atoms with van der Waals surface area (Å²) in [6.07, 6.45) is 4.60. The molecule has 0 spiro atoms. The Kier molecular flexibility index (Phi) is 4.34. The molecular weight excluding hydrogens is 268 g/mol. The monoisotopic (exact) mass is 292 g/mol. The second-order valence-electron chi connectivity index (χ2n) is 5.95. The highest BCUT2D eigenvalue weighted by Crippen LogP contribution is 2.21. The van der Waals surface area contributed by atoms with Crippen LogP contribution in [0.4, 0.5) is 0 Å². The molecule has 0 saturated carbocycles. The van der Waals surface area contributed by atoms with Gasteiger partial charge in [-0.05, 0) is 27.2 Å². The molecule has 2 atom stereocenters. The first kappa shape index (κ1) is 15.5. The van der Waals surface area contributed by atoms with Crippen LogP contribution in [0, 0.1) is 6.92 Å². The second-order valence-corrected chi connectivity index (χ2v) is 5.95. The van der Waals surface area contributed by atoms with E-state index in [0.717, 1.165) is 5.82 Å². The number of imidazole rings is 1. The van der Waals surface area contributed by atoms with Crippen LogP contribution in [-0.2, 0) is 16.1 Å². The maximum Gasteiger partial charge on any atom is 0.248 e. The van der Waals surface area contributed by atoms with E-state index in [-0.39, 0.29) is 17.9 Å². The van der Waals surface area contributed by atoms with Crippen molar-refractivity contribution in [3.05, 3.63) is 18.2 Å². The van der Waals surface area contributed by atoms with Gasteiger partial charge in [-0.25, -0.2) is 4.98 Å². The highest BCUT2D eigenvalue weighted by molar-refractivity contribution is 5.93. The Balaban J connectivity index is 2.16. The molecule has 1 aromatic rings. The van der Waals surface area contributed by atoms with E-state index in [1.54, 1.807) is 13.1 Å². The number of hydrogen-bond donors (Lipinski definition) is 1. The fraction of sp³-hybridized carbons (Fsp3) is 0.667. The summed E-state index contributed by atoms with van der Waals surface area (Å²) in [5.41, 5.74) is -0.800. The van der Waals surface area contributed by atoms with Gasteiger partial charge in [-0.1, -0.05) is 6.92 Å². The van der Waals surface area contributed by atoms with E-state index in [1.165, 1.54) is 0 Å². The molecule has 1 N–H and O–H groups in total. The molecule has 6 heteroatoms. The number of rotatable bonds is 4. The Morgan fingerprint density at radius 3 is 2.71 bits per heavy atom. The summed E-state index contributed by atoms with van der Waals surface area (Å²) in [4.78, 5) is 30.7. The minimum Gasteiger partial charge on any atom is -0.342 e. The van der Waals surface area contributed by atoms with Gasteiger partial charge >= 0.3 is 0 Å². The molecule has 0 radical (unpaired) electrons. The number of carbonyl (C=O) groups excluding carboxylic acids is 2. The van der Waals surface area contributed by atoms with Crippen LogP contribution in [0.3, 0.4) is 0 Å². The van der Waals surface area contributed by atoms with Crippen molar-refractivity contribution in [1.29, 1.82) is 0 Å². The smallest absolute Gasteiger partial charge is 0.248 e. The zero-order chi connectivity index (χ0) is 15.6. The van der Waals surface area contributed by atoms with Crippen molar-refractivity contribution in [2.24, 2.45) is 0 Å². The third kappa shape index (κ3) is 3.09. The van der Waals surface area contributed by atoms with Crippen molar-refractivity contribution in [2.45, 2.75) is 58.7 Å². The molecule has 0 aromatic carbocycles. The predicted octanol–water partition coefficient (Wildman–Crippen LogP) is 1.10. The van der Waals surface area contributed by atoms with E-state index in [1.807, 2.05) is 36.4 Å². The van der Waals surface area contributed by atoms with Gasteiger partial charge in [-0.3, -0.25) is 9.59 Å². The standard InChI is InChI=1S/C15H24N4O2/c1-5-15(4)14(21)19(11(2)10-13(20)17-15)9-8-18-7-6-16-12(18)3/h6-7,11H,5,8-10H2,1-4H3,(H,17,20). The summed E-state index contributed by atoms with van der Waals surface area (Å²) in [5.74, 6) is 0.875. The molecule has 1 aromatic heterocycles. The van der Waals surface area contributed by atoms with Gasteiger partial charge in [0.15, 0.2) is 0 Å². The Morgan fingerprint density at radius 1 is 1.43 bits per heavy atom. The summed E-state index contributed by atoms with van der Waals surface area (Å²) >= 11 is 0. The average Bonchev–Trinajstić information content (AvgIpc) is 2.80. The minimum absolute atomic E-state index is 0.00104. The first-order valence-electron chi connectivity index (χ1n) is 7.47. The van der Waals surface area contributed by atoms with Crippen molar-refractivity contribution in [3.8, 4) is 0 Å². The van der Waals surface area contributed by atoms with Gasteiger partial charge in [-0.15, -0.1) is 0 Å². The van der Waals surface area contributed by atoms with Gasteiger partial charge in [0, 0.05) is 37.9 Å². The van der Waals surface area contributed by atoms with E-state index >= 15 is 0 Å². The zero-order valence-corrected chi connectivity index (χ0v) is 13.2. The quantitative estimate of drug-likeness (QED) is 0.903. The largest absolute Gasteiger partial charge is 0.342 e. The van der Waals surface area contributed by atoms with Crippen molar-refractivity contribution in [3.63, 3.8) is 0 Å². The molecule has 0 bridgehead atoms. The van der Waals surface area contributed by atoms with E-state index in [0.29, 0.717) is 25.9 Å². The van der Waals surface area contributed by atoms with Crippen molar-refractivity contribution < 1.29 is 9.59 Å². The highest BCUT2D eigenvalue weighted by atomic mass is 16.2. The van der Waals surface area contributed by atoms with E-state index in [2.05, 4.69) is 10.3 Å². The SMILES string of the molecule is CCC1(C)NC(=O)CC(C)N(CCn2ccnc2C)C1=O. The topological polar surface area (TPSA) is 67.2 Å². The number of amides is 2. The van der Waals surface area contributed by atoms with Gasteiger partial charge in [0.1, 0.15) is 11.4 Å². The van der Waals surface area contributed by atoms with Crippen LogP contribution in [-0.4, -0.2) is 44.4 Å². The molecule has 2 unspecified atom stereocenters. The van der Waals surface area contributed by atoms with Gasteiger partial charge < -0.3 is 14.8 Å². The summed E-state index contributed by atoms with van der Waals surface area (Å²) in [6, 6.07) is -0.0882. The molecule has 6 nitrogen and oxygen atoms in total. The highest BCUT2D eigenvalue weighted by Gasteiger charge is 2.41. The Labute approximate surface area is 125 Å². The summed E-state index contributed by atoms with van der Waals surface area (Å²) in [5, 5.41) is 2.87. The fourth-order valence-electron chi connectivity index (χ4n) is 2.72. The number of aromatic nitrogens is 2. The van der Waals surface area contributed by atoms with Crippen LogP contribution in [0.2, 0.25) is 0 Å². The molecule has 2 amide bonds. The molecule has 1 aliphatic rings. The number of aryl methyl sites for hydroxylation is 1. The van der Waals surface area contributed by atoms with E-state index in [9.17, 15) is 9.59 Å². The molecule has 1 saturated heterocycles. The summed E-state index contributed by atoms with van der Waals surface area (Å²) in [6.45, 7) is 8.87. The summed E-state index contributed by atoms with van der Waals surface area (Å²) < 4.78 is 2.02. The van der Waals surface area contributed by atoms with E-state index in [4.69, 9.17) is 0 Å². The van der Waals surface area contributed by atoms with Crippen LogP contribution < -0.4 is 5.32 Å². The molecule has 1 aliphatic heterocycles. The normalized spacial score (nSPS) is 26.7. The lowest BCUT2D eigenvalue weighted by molar-refractivity contribution is -0.139. The van der Waals surface area contributed by atoms with Crippen LogP contribution in [0.25, 0.3) is 0 Å². The second kappa shape index (κ2) is 5.87. The minimum atomic E-state index is -0.800. The third-order valence-electron chi connectivity index (χ3n) is 4.37.